The van der Waals surface area contributed by atoms with Crippen molar-refractivity contribution in [3.63, 3.8) is 0 Å². The number of amides is 6. The van der Waals surface area contributed by atoms with Crippen LogP contribution in [-0.2, 0) is 76.0 Å². The topological polar surface area (TPSA) is 347 Å². The van der Waals surface area contributed by atoms with Crippen LogP contribution in [-0.4, -0.2) is 255 Å². The van der Waals surface area contributed by atoms with E-state index in [4.69, 9.17) is 72.0 Å². The summed E-state index contributed by atoms with van der Waals surface area (Å²) in [6.45, 7) is 16.1. The van der Waals surface area contributed by atoms with Crippen molar-refractivity contribution >= 4 is 57.6 Å². The maximum absolute atomic E-state index is 13.2. The van der Waals surface area contributed by atoms with Crippen molar-refractivity contribution in [1.82, 2.24) is 36.0 Å². The third-order valence-corrected chi connectivity index (χ3v) is 12.5. The van der Waals surface area contributed by atoms with E-state index < -0.39 is 29.6 Å². The molecule has 30 heteroatoms. The molecule has 0 aliphatic heterocycles. The molecule has 0 fully saturated rings. The molecule has 2 aromatic heterocycles. The van der Waals surface area contributed by atoms with Gasteiger partial charge < -0.3 is 104 Å². The number of hydrogen-bond donors (Lipinski definition) is 7. The Bertz CT molecular complexity index is 2320. The number of nitrogens with zero attached hydrogens (tertiary/aromatic N) is 2. The number of aromatic nitrogens is 2. The lowest BCUT2D eigenvalue weighted by Gasteiger charge is -2.20. The van der Waals surface area contributed by atoms with Gasteiger partial charge in [-0.05, 0) is 64.7 Å². The van der Waals surface area contributed by atoms with Gasteiger partial charge in [-0.15, -0.1) is 11.3 Å². The number of imidazole rings is 1. The van der Waals surface area contributed by atoms with Gasteiger partial charge in [0.2, 0.25) is 17.7 Å². The van der Waals surface area contributed by atoms with E-state index >= 15 is 0 Å². The molecule has 8 N–H and O–H groups in total. The minimum absolute atomic E-state index is 0.0432. The first kappa shape index (κ1) is 76.5. The van der Waals surface area contributed by atoms with Crippen LogP contribution in [0.15, 0.2) is 36.0 Å². The minimum atomic E-state index is -0.809. The van der Waals surface area contributed by atoms with Gasteiger partial charge in [0.05, 0.1) is 171 Å². The normalized spacial score (nSPS) is 11.8. The zero-order valence-corrected chi connectivity index (χ0v) is 52.7. The van der Waals surface area contributed by atoms with Crippen LogP contribution in [0.25, 0.3) is 4.96 Å². The van der Waals surface area contributed by atoms with Gasteiger partial charge in [0.25, 0.3) is 11.8 Å². The summed E-state index contributed by atoms with van der Waals surface area (Å²) in [4.78, 5) is 81.2. The summed E-state index contributed by atoms with van der Waals surface area (Å²) < 4.78 is 78.3. The maximum atomic E-state index is 13.2. The Balaban J connectivity index is 1.13. The maximum Gasteiger partial charge on any atom is 0.407 e. The highest BCUT2D eigenvalue weighted by atomic mass is 32.1. The van der Waals surface area contributed by atoms with Gasteiger partial charge in [0.15, 0.2) is 4.96 Å². The Hall–Kier alpha value is -5.71. The summed E-state index contributed by atoms with van der Waals surface area (Å²) in [6.07, 6.45) is 5.00. The van der Waals surface area contributed by atoms with Crippen LogP contribution in [0.1, 0.15) is 80.1 Å². The van der Waals surface area contributed by atoms with Crippen LogP contribution in [0.3, 0.4) is 0 Å². The summed E-state index contributed by atoms with van der Waals surface area (Å²) in [6, 6.07) is 3.94. The van der Waals surface area contributed by atoms with Crippen molar-refractivity contribution in [2.75, 3.05) is 204 Å². The lowest BCUT2D eigenvalue weighted by molar-refractivity contribution is -0.130. The smallest absolute Gasteiger partial charge is 0.407 e. The predicted octanol–water partition coefficient (Wildman–Crippen LogP) is 2.13. The van der Waals surface area contributed by atoms with E-state index in [-0.39, 0.29) is 74.7 Å². The van der Waals surface area contributed by atoms with Crippen molar-refractivity contribution in [3.05, 3.63) is 47.2 Å². The number of nitrogens with one attached hydrogen (secondary N) is 6. The fraction of sp³-hybridized carbons (Fsp3) is 0.707. The molecule has 2 heterocycles. The van der Waals surface area contributed by atoms with Crippen LogP contribution in [0.5, 0.6) is 5.75 Å². The molecule has 0 saturated heterocycles. The number of carbonyl (C=O) groups excluding carboxylic acids is 6. The van der Waals surface area contributed by atoms with Gasteiger partial charge in [-0.3, -0.25) is 28.4 Å². The molecule has 0 saturated carbocycles. The SMILES string of the molecule is COc1ccc(NC(=O)c2cn3ccsc3n2)cc1C(=O)NCCCC(=O)NCCOCCOCCOCCOCCNC(=O)[C@@H](CCCCNC(=O)OC(C)(C)C)NC(=O)CCOCCOCCOCCOCCOCCOCCOCCOCCN. The van der Waals surface area contributed by atoms with Gasteiger partial charge >= 0.3 is 6.09 Å². The Labute approximate surface area is 520 Å². The van der Waals surface area contributed by atoms with Gasteiger partial charge in [0.1, 0.15) is 23.1 Å². The third-order valence-electron chi connectivity index (χ3n) is 11.7. The standard InChI is InChI=1S/C58H97N9O20S/c1-58(2,3)87-57(73)63-14-6-5-8-48(65-52(69)12-19-75-23-27-79-31-35-83-37-39-85-41-42-86-40-38-84-36-32-80-28-24-76-20-13-59)54(71)62-17-22-78-26-30-82-34-33-81-29-25-77-21-16-60-51(68)9-7-15-61-53(70)47-44-46(10-11-50(47)74-4)64-55(72)49-45-67-18-43-88-56(67)66-49/h10-11,18,43-45,48H,5-9,12-17,19-42,59H2,1-4H3,(H,60,68)(H,61,70)(H,62,71)(H,63,73)(H,64,72)(H,65,69)/t48-/m1/s1. The Morgan fingerprint density at radius 1 is 0.557 bits per heavy atom. The van der Waals surface area contributed by atoms with Crippen LogP contribution >= 0.6 is 11.3 Å². The number of nitrogens with two attached hydrogens (primary N) is 1. The van der Waals surface area contributed by atoms with Crippen LogP contribution in [0, 0.1) is 0 Å². The number of thiazole rings is 1. The molecule has 0 spiro atoms. The number of unbranched alkanes of at least 4 members (excludes halogenated alkanes) is 1. The average molecular weight is 1270 g/mol. The number of ether oxygens (including phenoxy) is 14. The Kier molecular flexibility index (Phi) is 43.6. The summed E-state index contributed by atoms with van der Waals surface area (Å²) in [7, 11) is 1.45. The second kappa shape index (κ2) is 50.1. The molecule has 29 nitrogen and oxygen atoms in total. The summed E-state index contributed by atoms with van der Waals surface area (Å²) in [5, 5.41) is 18.6. The molecule has 500 valence electrons. The second-order valence-corrected chi connectivity index (χ2v) is 20.9. The quantitative estimate of drug-likeness (QED) is 0.0398. The molecule has 88 heavy (non-hydrogen) atoms. The Morgan fingerprint density at radius 2 is 1.06 bits per heavy atom. The molecule has 3 aromatic rings. The lowest BCUT2D eigenvalue weighted by Crippen LogP contribution is -2.47. The van der Waals surface area contributed by atoms with Crippen molar-refractivity contribution < 1.29 is 95.1 Å². The molecule has 6 amide bonds. The Morgan fingerprint density at radius 3 is 1.57 bits per heavy atom. The van der Waals surface area contributed by atoms with Crippen LogP contribution < -0.4 is 42.4 Å². The molecule has 1 atom stereocenters. The van der Waals surface area contributed by atoms with E-state index in [9.17, 15) is 28.8 Å². The fourth-order valence-electron chi connectivity index (χ4n) is 7.43. The molecule has 3 rings (SSSR count). The first-order chi connectivity index (χ1) is 42.8. The van der Waals surface area contributed by atoms with E-state index in [1.165, 1.54) is 24.5 Å². The van der Waals surface area contributed by atoms with E-state index in [1.807, 2.05) is 11.6 Å². The van der Waals surface area contributed by atoms with Crippen LogP contribution in [0.2, 0.25) is 0 Å². The predicted molar refractivity (Wildman–Crippen MR) is 325 cm³/mol. The largest absolute Gasteiger partial charge is 0.496 e. The number of methoxy groups -OCH3 is 1. The number of benzene rings is 1. The highest BCUT2D eigenvalue weighted by molar-refractivity contribution is 7.15. The molecule has 0 radical (unpaired) electrons. The van der Waals surface area contributed by atoms with Gasteiger partial charge in [-0.1, -0.05) is 0 Å². The molecular formula is C58H97N9O20S. The summed E-state index contributed by atoms with van der Waals surface area (Å²) in [5.41, 5.74) is 5.61. The first-order valence-corrected chi connectivity index (χ1v) is 30.8. The second-order valence-electron chi connectivity index (χ2n) is 20.0. The monoisotopic (exact) mass is 1270 g/mol. The number of rotatable bonds is 56. The fourth-order valence-corrected chi connectivity index (χ4v) is 8.13. The van der Waals surface area contributed by atoms with E-state index in [2.05, 4.69) is 36.9 Å². The highest BCUT2D eigenvalue weighted by Crippen LogP contribution is 2.23. The lowest BCUT2D eigenvalue weighted by atomic mass is 10.1. The van der Waals surface area contributed by atoms with Crippen molar-refractivity contribution in [2.24, 2.45) is 5.73 Å². The number of anilines is 1. The summed E-state index contributed by atoms with van der Waals surface area (Å²) in [5.74, 6) is -1.37. The molecule has 0 aliphatic rings. The van der Waals surface area contributed by atoms with Crippen molar-refractivity contribution in [3.8, 4) is 5.75 Å². The zero-order valence-electron chi connectivity index (χ0n) is 51.8. The average Bonchev–Trinajstić information content (AvgIpc) is 3.52. The molecule has 0 bridgehead atoms. The van der Waals surface area contributed by atoms with E-state index in [1.54, 1.807) is 43.5 Å². The molecule has 1 aromatic carbocycles. The molecular weight excluding hydrogens is 1170 g/mol. The van der Waals surface area contributed by atoms with Gasteiger partial charge in [-0.25, -0.2) is 9.78 Å². The van der Waals surface area contributed by atoms with E-state index in [0.29, 0.717) is 200 Å². The van der Waals surface area contributed by atoms with Gasteiger partial charge in [-0.2, -0.15) is 0 Å². The molecule has 0 unspecified atom stereocenters. The van der Waals surface area contributed by atoms with Gasteiger partial charge in [0, 0.05) is 69.0 Å². The minimum Gasteiger partial charge on any atom is -0.496 e. The van der Waals surface area contributed by atoms with E-state index in [0.717, 1.165) is 0 Å². The van der Waals surface area contributed by atoms with Crippen LogP contribution in [0.4, 0.5) is 10.5 Å². The molecule has 0 aliphatic carbocycles. The number of hydrogen-bond acceptors (Lipinski definition) is 23. The number of carbonyl (C=O) groups is 6. The highest BCUT2D eigenvalue weighted by Gasteiger charge is 2.22. The van der Waals surface area contributed by atoms with Crippen molar-refractivity contribution in [1.29, 1.82) is 0 Å². The first-order valence-electron chi connectivity index (χ1n) is 29.9. The van der Waals surface area contributed by atoms with Crippen molar-refractivity contribution in [2.45, 2.75) is 70.9 Å². The number of fused-ring (bicyclic) bond motifs is 1. The zero-order chi connectivity index (χ0) is 63.6. The third kappa shape index (κ3) is 39.3. The summed E-state index contributed by atoms with van der Waals surface area (Å²) >= 11 is 1.41. The number of alkyl carbamates (subject to hydrolysis) is 1.